The first kappa shape index (κ1) is 19.8. The molecule has 2 fully saturated rings. The Morgan fingerprint density at radius 2 is 1.63 bits per heavy atom. The molecular weight excluding hydrogens is 373 g/mol. The fourth-order valence-electron chi connectivity index (χ4n) is 3.76. The predicted octanol–water partition coefficient (Wildman–Crippen LogP) is 0.950. The van der Waals surface area contributed by atoms with E-state index in [9.17, 15) is 22.4 Å². The molecule has 2 aliphatic heterocycles. The van der Waals surface area contributed by atoms with Crippen molar-refractivity contribution < 1.29 is 22.4 Å². The second-order valence-electron chi connectivity index (χ2n) is 7.16. The monoisotopic (exact) mass is 397 g/mol. The summed E-state index contributed by atoms with van der Waals surface area (Å²) in [5.41, 5.74) is 5.32. The summed E-state index contributed by atoms with van der Waals surface area (Å²) in [6.07, 6.45) is 2.31. The lowest BCUT2D eigenvalue weighted by Gasteiger charge is -2.37. The Morgan fingerprint density at radius 3 is 2.22 bits per heavy atom. The van der Waals surface area contributed by atoms with Crippen LogP contribution in [0.25, 0.3) is 0 Å². The second kappa shape index (κ2) is 7.93. The van der Waals surface area contributed by atoms with Gasteiger partial charge in [0.1, 0.15) is 5.82 Å². The van der Waals surface area contributed by atoms with Crippen LogP contribution < -0.4 is 5.73 Å². The number of carbonyl (C=O) groups excluding carboxylic acids is 2. The molecule has 7 nitrogen and oxygen atoms in total. The van der Waals surface area contributed by atoms with Gasteiger partial charge in [0.05, 0.1) is 10.8 Å². The summed E-state index contributed by atoms with van der Waals surface area (Å²) < 4.78 is 40.0. The van der Waals surface area contributed by atoms with Crippen molar-refractivity contribution in [2.45, 2.75) is 30.6 Å². The molecule has 0 aromatic heterocycles. The average Bonchev–Trinajstić information content (AvgIpc) is 2.68. The molecule has 2 heterocycles. The van der Waals surface area contributed by atoms with Crippen molar-refractivity contribution in [1.29, 1.82) is 0 Å². The Morgan fingerprint density at radius 1 is 1.00 bits per heavy atom. The molecule has 3 rings (SSSR count). The van der Waals surface area contributed by atoms with Crippen LogP contribution in [0.4, 0.5) is 4.39 Å². The number of sulfonamides is 1. The molecule has 0 saturated carbocycles. The van der Waals surface area contributed by atoms with E-state index in [1.165, 1.54) is 16.4 Å². The summed E-state index contributed by atoms with van der Waals surface area (Å²) in [6, 6.07) is 4.71. The fraction of sp³-hybridized carbons (Fsp3) is 0.556. The van der Waals surface area contributed by atoms with Gasteiger partial charge in [-0.2, -0.15) is 4.31 Å². The van der Waals surface area contributed by atoms with Crippen molar-refractivity contribution in [1.82, 2.24) is 9.21 Å². The van der Waals surface area contributed by atoms with E-state index in [2.05, 4.69) is 0 Å². The molecule has 0 radical (unpaired) electrons. The van der Waals surface area contributed by atoms with Gasteiger partial charge in [0, 0.05) is 32.1 Å². The lowest BCUT2D eigenvalue weighted by molar-refractivity contribution is -0.139. The Kier molecular flexibility index (Phi) is 5.81. The number of primary amides is 1. The highest BCUT2D eigenvalue weighted by molar-refractivity contribution is 7.89. The Balaban J connectivity index is 1.66. The Hall–Kier alpha value is -2.00. The summed E-state index contributed by atoms with van der Waals surface area (Å²) in [6.45, 7) is 1.39. The molecule has 2 amide bonds. The molecule has 148 valence electrons. The topological polar surface area (TPSA) is 101 Å². The predicted molar refractivity (Wildman–Crippen MR) is 96.4 cm³/mol. The van der Waals surface area contributed by atoms with Gasteiger partial charge in [-0.05, 0) is 49.9 Å². The number of carbonyl (C=O) groups is 2. The number of hydrogen-bond donors (Lipinski definition) is 1. The molecule has 1 aromatic carbocycles. The molecular formula is C18H24FN3O4S. The lowest BCUT2D eigenvalue weighted by atomic mass is 9.93. The molecule has 0 bridgehead atoms. The van der Waals surface area contributed by atoms with Gasteiger partial charge in [0.25, 0.3) is 0 Å². The van der Waals surface area contributed by atoms with Crippen LogP contribution in [-0.2, 0) is 19.6 Å². The van der Waals surface area contributed by atoms with Crippen LogP contribution in [0, 0.1) is 17.7 Å². The van der Waals surface area contributed by atoms with Gasteiger partial charge < -0.3 is 10.6 Å². The lowest BCUT2D eigenvalue weighted by Crippen LogP contribution is -2.49. The summed E-state index contributed by atoms with van der Waals surface area (Å²) in [4.78, 5) is 25.8. The SMILES string of the molecule is NC(=O)C1CCN(C(=O)[C@H]2CCCN(S(=O)(=O)c3ccc(F)cc3)C2)CC1. The summed E-state index contributed by atoms with van der Waals surface area (Å²) >= 11 is 0. The minimum absolute atomic E-state index is 0.0271. The number of nitrogens with two attached hydrogens (primary N) is 1. The molecule has 2 N–H and O–H groups in total. The first-order chi connectivity index (χ1) is 12.8. The minimum Gasteiger partial charge on any atom is -0.369 e. The van der Waals surface area contributed by atoms with E-state index in [-0.39, 0.29) is 29.2 Å². The van der Waals surface area contributed by atoms with E-state index in [1.54, 1.807) is 4.90 Å². The molecule has 9 heteroatoms. The Labute approximate surface area is 158 Å². The highest BCUT2D eigenvalue weighted by Crippen LogP contribution is 2.27. The smallest absolute Gasteiger partial charge is 0.243 e. The van der Waals surface area contributed by atoms with Gasteiger partial charge >= 0.3 is 0 Å². The highest BCUT2D eigenvalue weighted by Gasteiger charge is 2.36. The zero-order chi connectivity index (χ0) is 19.6. The second-order valence-corrected chi connectivity index (χ2v) is 9.10. The van der Waals surface area contributed by atoms with Crippen LogP contribution in [0.3, 0.4) is 0 Å². The molecule has 27 heavy (non-hydrogen) atoms. The van der Waals surface area contributed by atoms with Crippen molar-refractivity contribution in [2.75, 3.05) is 26.2 Å². The Bertz CT molecular complexity index is 804. The average molecular weight is 397 g/mol. The maximum absolute atomic E-state index is 13.1. The summed E-state index contributed by atoms with van der Waals surface area (Å²) in [7, 11) is -3.76. The first-order valence-electron chi connectivity index (χ1n) is 9.13. The van der Waals surface area contributed by atoms with Crippen molar-refractivity contribution in [3.8, 4) is 0 Å². The third-order valence-electron chi connectivity index (χ3n) is 5.39. The third kappa shape index (κ3) is 4.30. The summed E-state index contributed by atoms with van der Waals surface area (Å²) in [5.74, 6) is -1.51. The quantitative estimate of drug-likeness (QED) is 0.817. The molecule has 1 aromatic rings. The standard InChI is InChI=1S/C18H24FN3O4S/c19-15-3-5-16(6-4-15)27(25,26)22-9-1-2-14(12-22)18(24)21-10-7-13(8-11-21)17(20)23/h3-6,13-14H,1-2,7-12H2,(H2,20,23)/t14-/m0/s1. The fourth-order valence-corrected chi connectivity index (χ4v) is 5.28. The van der Waals surface area contributed by atoms with Gasteiger partial charge in [-0.1, -0.05) is 0 Å². The van der Waals surface area contributed by atoms with Gasteiger partial charge in [-0.15, -0.1) is 0 Å². The first-order valence-corrected chi connectivity index (χ1v) is 10.6. The molecule has 0 aliphatic carbocycles. The van der Waals surface area contributed by atoms with Crippen molar-refractivity contribution >= 4 is 21.8 Å². The number of nitrogens with zero attached hydrogens (tertiary/aromatic N) is 2. The number of likely N-dealkylation sites (tertiary alicyclic amines) is 1. The van der Waals surface area contributed by atoms with Crippen molar-refractivity contribution in [3.63, 3.8) is 0 Å². The van der Waals surface area contributed by atoms with Gasteiger partial charge in [-0.25, -0.2) is 12.8 Å². The van der Waals surface area contributed by atoms with Gasteiger partial charge in [0.15, 0.2) is 0 Å². The van der Waals surface area contributed by atoms with Crippen LogP contribution in [0.1, 0.15) is 25.7 Å². The summed E-state index contributed by atoms with van der Waals surface area (Å²) in [5, 5.41) is 0. The van der Waals surface area contributed by atoms with Crippen LogP contribution in [0.5, 0.6) is 0 Å². The van der Waals surface area contributed by atoms with E-state index >= 15 is 0 Å². The van der Waals surface area contributed by atoms with Gasteiger partial charge in [0.2, 0.25) is 21.8 Å². The number of amides is 2. The van der Waals surface area contributed by atoms with E-state index in [0.717, 1.165) is 12.1 Å². The maximum atomic E-state index is 13.1. The number of rotatable bonds is 4. The number of piperidine rings is 2. The number of halogens is 1. The molecule has 2 saturated heterocycles. The van der Waals surface area contributed by atoms with E-state index in [1.807, 2.05) is 0 Å². The van der Waals surface area contributed by atoms with Crippen LogP contribution in [-0.4, -0.2) is 55.6 Å². The molecule has 1 atom stereocenters. The van der Waals surface area contributed by atoms with E-state index in [0.29, 0.717) is 45.3 Å². The molecule has 0 unspecified atom stereocenters. The normalized spacial score (nSPS) is 22.6. The number of hydrogen-bond acceptors (Lipinski definition) is 4. The van der Waals surface area contributed by atoms with Crippen LogP contribution >= 0.6 is 0 Å². The maximum Gasteiger partial charge on any atom is 0.243 e. The van der Waals surface area contributed by atoms with Crippen molar-refractivity contribution in [2.24, 2.45) is 17.6 Å². The van der Waals surface area contributed by atoms with Gasteiger partial charge in [-0.3, -0.25) is 9.59 Å². The van der Waals surface area contributed by atoms with E-state index in [4.69, 9.17) is 5.73 Å². The van der Waals surface area contributed by atoms with Crippen LogP contribution in [0.2, 0.25) is 0 Å². The third-order valence-corrected chi connectivity index (χ3v) is 7.27. The molecule has 2 aliphatic rings. The van der Waals surface area contributed by atoms with Crippen LogP contribution in [0.15, 0.2) is 29.2 Å². The zero-order valence-electron chi connectivity index (χ0n) is 15.0. The van der Waals surface area contributed by atoms with Crippen molar-refractivity contribution in [3.05, 3.63) is 30.1 Å². The van der Waals surface area contributed by atoms with E-state index < -0.39 is 21.8 Å². The zero-order valence-corrected chi connectivity index (χ0v) is 15.8. The highest BCUT2D eigenvalue weighted by atomic mass is 32.2. The number of benzene rings is 1. The largest absolute Gasteiger partial charge is 0.369 e. The minimum atomic E-state index is -3.76. The molecule has 0 spiro atoms.